The van der Waals surface area contributed by atoms with Crippen LogP contribution in [0.3, 0.4) is 0 Å². The number of carboxylic acid groups (broad SMARTS) is 1. The van der Waals surface area contributed by atoms with Crippen LogP contribution >= 0.6 is 0 Å². The van der Waals surface area contributed by atoms with Crippen LogP contribution in [-0.2, 0) is 4.79 Å². The summed E-state index contributed by atoms with van der Waals surface area (Å²) in [5.74, 6) is -2.93. The molecule has 0 bridgehead atoms. The monoisotopic (exact) mass is 401 g/mol. The molecule has 0 saturated heterocycles. The second-order valence-corrected chi connectivity index (χ2v) is 7.72. The van der Waals surface area contributed by atoms with Crippen LogP contribution in [-0.4, -0.2) is 11.1 Å². The first kappa shape index (κ1) is 18.8. The van der Waals surface area contributed by atoms with E-state index in [1.807, 2.05) is 72.8 Å². The van der Waals surface area contributed by atoms with Gasteiger partial charge in [0.2, 0.25) is 0 Å². The molecule has 148 valence electrons. The predicted octanol–water partition coefficient (Wildman–Crippen LogP) is 6.50. The van der Waals surface area contributed by atoms with Crippen molar-refractivity contribution in [2.24, 2.45) is 5.92 Å². The van der Waals surface area contributed by atoms with Crippen LogP contribution in [0.5, 0.6) is 0 Å². The minimum atomic E-state index is -1.21. The first-order valence-corrected chi connectivity index (χ1v) is 10.2. The van der Waals surface area contributed by atoms with Crippen LogP contribution in [0.2, 0.25) is 0 Å². The SMILES string of the molecule is N#C[C@H](C(=O)O)[C@@H](c1cccc2ccccc12)c1cccc2ccc3ccccc3c12. The molecule has 3 heteroatoms. The summed E-state index contributed by atoms with van der Waals surface area (Å²) in [5.41, 5.74) is 1.71. The highest BCUT2D eigenvalue weighted by Crippen LogP contribution is 2.41. The summed E-state index contributed by atoms with van der Waals surface area (Å²) in [5, 5.41) is 26.1. The Bertz CT molecular complexity index is 1490. The number of fused-ring (bicyclic) bond motifs is 4. The van der Waals surface area contributed by atoms with Crippen molar-refractivity contribution in [2.75, 3.05) is 0 Å². The molecule has 5 aromatic carbocycles. The van der Waals surface area contributed by atoms with Crippen LogP contribution < -0.4 is 0 Å². The first-order chi connectivity index (χ1) is 15.2. The molecule has 1 N–H and O–H groups in total. The zero-order chi connectivity index (χ0) is 21.4. The van der Waals surface area contributed by atoms with Gasteiger partial charge in [0.15, 0.2) is 5.92 Å². The smallest absolute Gasteiger partial charge is 0.321 e. The van der Waals surface area contributed by atoms with Gasteiger partial charge in [-0.05, 0) is 43.4 Å². The minimum Gasteiger partial charge on any atom is -0.480 e. The van der Waals surface area contributed by atoms with Gasteiger partial charge < -0.3 is 5.11 Å². The van der Waals surface area contributed by atoms with Crippen molar-refractivity contribution in [1.82, 2.24) is 0 Å². The molecule has 0 fully saturated rings. The molecule has 0 amide bonds. The molecule has 0 aliphatic rings. The Balaban J connectivity index is 1.91. The molecule has 3 nitrogen and oxygen atoms in total. The van der Waals surface area contributed by atoms with Crippen LogP contribution in [0.1, 0.15) is 17.0 Å². The summed E-state index contributed by atoms with van der Waals surface area (Å²) in [4.78, 5) is 12.2. The summed E-state index contributed by atoms with van der Waals surface area (Å²) in [6.45, 7) is 0. The fourth-order valence-electron chi connectivity index (χ4n) is 4.67. The third-order valence-corrected chi connectivity index (χ3v) is 6.03. The van der Waals surface area contributed by atoms with Crippen LogP contribution in [0.15, 0.2) is 97.1 Å². The molecule has 5 aromatic rings. The van der Waals surface area contributed by atoms with Crippen molar-refractivity contribution in [3.63, 3.8) is 0 Å². The van der Waals surface area contributed by atoms with Crippen LogP contribution in [0.25, 0.3) is 32.3 Å². The molecule has 0 unspecified atom stereocenters. The predicted molar refractivity (Wildman–Crippen MR) is 124 cm³/mol. The topological polar surface area (TPSA) is 61.1 Å². The summed E-state index contributed by atoms with van der Waals surface area (Å²) < 4.78 is 0. The molecule has 0 aliphatic carbocycles. The number of nitrogens with zero attached hydrogens (tertiary/aromatic N) is 1. The lowest BCUT2D eigenvalue weighted by Crippen LogP contribution is -2.22. The highest BCUT2D eigenvalue weighted by molar-refractivity contribution is 6.10. The third kappa shape index (κ3) is 3.10. The molecule has 2 atom stereocenters. The molecule has 0 aromatic heterocycles. The average Bonchev–Trinajstić information content (AvgIpc) is 2.81. The van der Waals surface area contributed by atoms with E-state index < -0.39 is 17.8 Å². The lowest BCUT2D eigenvalue weighted by Gasteiger charge is -2.24. The molecule has 0 spiro atoms. The van der Waals surface area contributed by atoms with Gasteiger partial charge in [0.25, 0.3) is 0 Å². The Morgan fingerprint density at radius 1 is 0.677 bits per heavy atom. The highest BCUT2D eigenvalue weighted by atomic mass is 16.4. The highest BCUT2D eigenvalue weighted by Gasteiger charge is 2.33. The van der Waals surface area contributed by atoms with Gasteiger partial charge in [-0.25, -0.2) is 0 Å². The number of nitriles is 1. The van der Waals surface area contributed by atoms with E-state index in [9.17, 15) is 15.2 Å². The average molecular weight is 401 g/mol. The van der Waals surface area contributed by atoms with E-state index in [2.05, 4.69) is 30.3 Å². The van der Waals surface area contributed by atoms with E-state index in [-0.39, 0.29) is 0 Å². The van der Waals surface area contributed by atoms with Crippen molar-refractivity contribution in [3.05, 3.63) is 108 Å². The number of carbonyl (C=O) groups is 1. The number of hydrogen-bond acceptors (Lipinski definition) is 2. The molecule has 0 heterocycles. The van der Waals surface area contributed by atoms with Gasteiger partial charge in [-0.15, -0.1) is 0 Å². The van der Waals surface area contributed by atoms with E-state index in [1.165, 1.54) is 0 Å². The number of carboxylic acids is 1. The molecule has 0 radical (unpaired) electrons. The first-order valence-electron chi connectivity index (χ1n) is 10.2. The molecule has 31 heavy (non-hydrogen) atoms. The van der Waals surface area contributed by atoms with Crippen LogP contribution in [0, 0.1) is 17.2 Å². The number of benzene rings is 5. The van der Waals surface area contributed by atoms with Crippen molar-refractivity contribution < 1.29 is 9.90 Å². The van der Waals surface area contributed by atoms with E-state index in [4.69, 9.17) is 0 Å². The van der Waals surface area contributed by atoms with Gasteiger partial charge in [0, 0.05) is 5.92 Å². The third-order valence-electron chi connectivity index (χ3n) is 6.03. The van der Waals surface area contributed by atoms with Gasteiger partial charge in [0.05, 0.1) is 6.07 Å². The second-order valence-electron chi connectivity index (χ2n) is 7.72. The Labute approximate surface area is 179 Å². The zero-order valence-corrected chi connectivity index (χ0v) is 16.7. The summed E-state index contributed by atoms with van der Waals surface area (Å²) >= 11 is 0. The van der Waals surface area contributed by atoms with Crippen LogP contribution in [0.4, 0.5) is 0 Å². The van der Waals surface area contributed by atoms with Gasteiger partial charge >= 0.3 is 5.97 Å². The van der Waals surface area contributed by atoms with E-state index in [1.54, 1.807) is 0 Å². The van der Waals surface area contributed by atoms with E-state index in [0.29, 0.717) is 0 Å². The zero-order valence-electron chi connectivity index (χ0n) is 16.7. The fraction of sp³-hybridized carbons (Fsp3) is 0.0714. The summed E-state index contributed by atoms with van der Waals surface area (Å²) in [6.07, 6.45) is 0. The largest absolute Gasteiger partial charge is 0.480 e. The Hall–Kier alpha value is -4.16. The van der Waals surface area contributed by atoms with Gasteiger partial charge in [-0.2, -0.15) is 5.26 Å². The standard InChI is InChI=1S/C28H19NO2/c29-17-25(28(30)31)27(23-13-5-9-18-7-1-3-11-21(18)23)24-14-6-10-20-16-15-19-8-2-4-12-22(19)26(20)24/h1-16,25,27H,(H,30,31)/t25-,27-/m0/s1. The fourth-order valence-corrected chi connectivity index (χ4v) is 4.67. The van der Waals surface area contributed by atoms with Crippen molar-refractivity contribution in [3.8, 4) is 6.07 Å². The van der Waals surface area contributed by atoms with E-state index in [0.717, 1.165) is 43.4 Å². The molecular weight excluding hydrogens is 382 g/mol. The summed E-state index contributed by atoms with van der Waals surface area (Å²) in [7, 11) is 0. The Morgan fingerprint density at radius 3 is 1.94 bits per heavy atom. The van der Waals surface area contributed by atoms with Crippen molar-refractivity contribution in [1.29, 1.82) is 5.26 Å². The quantitative estimate of drug-likeness (QED) is 0.350. The summed E-state index contributed by atoms with van der Waals surface area (Å²) in [6, 6.07) is 34.1. The number of hydrogen-bond donors (Lipinski definition) is 1. The maximum Gasteiger partial charge on any atom is 0.321 e. The van der Waals surface area contributed by atoms with E-state index >= 15 is 0 Å². The molecular formula is C28H19NO2. The lowest BCUT2D eigenvalue weighted by molar-refractivity contribution is -0.140. The lowest BCUT2D eigenvalue weighted by atomic mass is 9.77. The van der Waals surface area contributed by atoms with Crippen molar-refractivity contribution in [2.45, 2.75) is 5.92 Å². The number of rotatable bonds is 4. The normalized spacial score (nSPS) is 13.1. The van der Waals surface area contributed by atoms with Gasteiger partial charge in [-0.3, -0.25) is 4.79 Å². The Kier molecular flexibility index (Phi) is 4.61. The van der Waals surface area contributed by atoms with Gasteiger partial charge in [-0.1, -0.05) is 97.1 Å². The molecule has 0 aliphatic heterocycles. The second kappa shape index (κ2) is 7.59. The molecule has 0 saturated carbocycles. The maximum absolute atomic E-state index is 12.2. The van der Waals surface area contributed by atoms with Crippen molar-refractivity contribution >= 4 is 38.3 Å². The maximum atomic E-state index is 12.2. The van der Waals surface area contributed by atoms with Gasteiger partial charge in [0.1, 0.15) is 0 Å². The number of aliphatic carboxylic acids is 1. The molecule has 5 rings (SSSR count). The Morgan fingerprint density at radius 2 is 1.23 bits per heavy atom. The minimum absolute atomic E-state index is 0.608.